The quantitative estimate of drug-likeness (QED) is 0.885. The van der Waals surface area contributed by atoms with Crippen molar-refractivity contribution >= 4 is 11.8 Å². The maximum Gasteiger partial charge on any atom is 0.228 e. The van der Waals surface area contributed by atoms with Crippen LogP contribution in [0.3, 0.4) is 0 Å². The number of carbonyl (C=O) groups is 2. The number of aliphatic hydroxyl groups is 1. The van der Waals surface area contributed by atoms with Gasteiger partial charge in [0, 0.05) is 32.5 Å². The normalized spacial score (nSPS) is 34.7. The molecule has 0 radical (unpaired) electrons. The van der Waals surface area contributed by atoms with Crippen LogP contribution in [0, 0.1) is 11.8 Å². The maximum atomic E-state index is 13.3. The van der Waals surface area contributed by atoms with Crippen molar-refractivity contribution in [1.29, 1.82) is 0 Å². The van der Waals surface area contributed by atoms with Gasteiger partial charge in [-0.05, 0) is 24.8 Å². The van der Waals surface area contributed by atoms with E-state index in [1.54, 1.807) is 11.9 Å². The highest BCUT2D eigenvalue weighted by molar-refractivity contribution is 5.90. The van der Waals surface area contributed by atoms with Gasteiger partial charge in [0.15, 0.2) is 0 Å². The minimum atomic E-state index is -0.587. The van der Waals surface area contributed by atoms with E-state index in [1.165, 1.54) is 0 Å². The Kier molecular flexibility index (Phi) is 4.51. The summed E-state index contributed by atoms with van der Waals surface area (Å²) < 4.78 is 0. The molecule has 2 heterocycles. The van der Waals surface area contributed by atoms with Gasteiger partial charge < -0.3 is 14.9 Å². The molecule has 0 aromatic heterocycles. The number of rotatable bonds is 2. The fourth-order valence-corrected chi connectivity index (χ4v) is 5.20. The Morgan fingerprint density at radius 1 is 1.19 bits per heavy atom. The maximum absolute atomic E-state index is 13.3. The lowest BCUT2D eigenvalue weighted by atomic mass is 9.71. The Labute approximate surface area is 155 Å². The molecule has 2 amide bonds. The van der Waals surface area contributed by atoms with Gasteiger partial charge in [0.05, 0.1) is 17.6 Å². The zero-order valence-corrected chi connectivity index (χ0v) is 15.4. The molecule has 0 bridgehead atoms. The van der Waals surface area contributed by atoms with Gasteiger partial charge in [0.1, 0.15) is 0 Å². The van der Waals surface area contributed by atoms with Crippen molar-refractivity contribution in [2.45, 2.75) is 50.2 Å². The molecule has 0 unspecified atom stereocenters. The van der Waals surface area contributed by atoms with Crippen LogP contribution in [0.15, 0.2) is 30.3 Å². The first kappa shape index (κ1) is 17.5. The van der Waals surface area contributed by atoms with Crippen LogP contribution in [0.2, 0.25) is 0 Å². The summed E-state index contributed by atoms with van der Waals surface area (Å²) in [4.78, 5) is 29.3. The molecule has 1 saturated carbocycles. The van der Waals surface area contributed by atoms with Crippen molar-refractivity contribution in [3.63, 3.8) is 0 Å². The Balaban J connectivity index is 1.54. The molecule has 1 aliphatic carbocycles. The summed E-state index contributed by atoms with van der Waals surface area (Å²) >= 11 is 0. The predicted octanol–water partition coefficient (Wildman–Crippen LogP) is 2.36. The highest BCUT2D eigenvalue weighted by Gasteiger charge is 2.48. The molecular weight excluding hydrogens is 328 g/mol. The van der Waals surface area contributed by atoms with Crippen LogP contribution in [0.25, 0.3) is 0 Å². The van der Waals surface area contributed by atoms with Gasteiger partial charge in [-0.15, -0.1) is 0 Å². The number of likely N-dealkylation sites (tertiary alicyclic amines) is 2. The van der Waals surface area contributed by atoms with E-state index < -0.39 is 5.60 Å². The zero-order chi connectivity index (χ0) is 18.3. The average Bonchev–Trinajstić information content (AvgIpc) is 2.96. The van der Waals surface area contributed by atoms with Crippen LogP contribution >= 0.6 is 0 Å². The van der Waals surface area contributed by atoms with Crippen molar-refractivity contribution in [3.05, 3.63) is 35.9 Å². The van der Waals surface area contributed by atoms with Gasteiger partial charge in [0.25, 0.3) is 0 Å². The molecule has 4 atom stereocenters. The molecule has 3 fully saturated rings. The number of piperidine rings is 1. The van der Waals surface area contributed by atoms with E-state index in [0.717, 1.165) is 31.2 Å². The molecule has 26 heavy (non-hydrogen) atoms. The van der Waals surface area contributed by atoms with Crippen molar-refractivity contribution in [2.24, 2.45) is 11.8 Å². The number of fused-ring (bicyclic) bond motifs is 1. The molecule has 5 nitrogen and oxygen atoms in total. The number of hydrogen-bond donors (Lipinski definition) is 1. The second kappa shape index (κ2) is 6.69. The van der Waals surface area contributed by atoms with E-state index in [0.29, 0.717) is 19.5 Å². The summed E-state index contributed by atoms with van der Waals surface area (Å²) in [6.07, 6.45) is 5.00. The Bertz CT molecular complexity index is 692. The number of carbonyl (C=O) groups excluding carboxylic acids is 2. The molecule has 2 saturated heterocycles. The van der Waals surface area contributed by atoms with Crippen molar-refractivity contribution in [1.82, 2.24) is 9.80 Å². The van der Waals surface area contributed by atoms with E-state index in [2.05, 4.69) is 0 Å². The second-order valence-electron chi connectivity index (χ2n) is 8.25. The molecule has 3 aliphatic rings. The first-order valence-corrected chi connectivity index (χ1v) is 9.81. The third-order valence-corrected chi connectivity index (χ3v) is 6.78. The first-order valence-electron chi connectivity index (χ1n) is 9.81. The van der Waals surface area contributed by atoms with E-state index in [1.807, 2.05) is 35.2 Å². The Hall–Kier alpha value is -1.88. The third-order valence-electron chi connectivity index (χ3n) is 6.78. The number of nitrogens with zero attached hydrogens (tertiary/aromatic N) is 2. The van der Waals surface area contributed by atoms with Crippen LogP contribution in [0.4, 0.5) is 0 Å². The molecular formula is C21H28N2O3. The van der Waals surface area contributed by atoms with Crippen molar-refractivity contribution in [3.8, 4) is 0 Å². The van der Waals surface area contributed by atoms with Crippen LogP contribution in [-0.2, 0) is 9.59 Å². The van der Waals surface area contributed by atoms with Gasteiger partial charge in [-0.3, -0.25) is 9.59 Å². The highest BCUT2D eigenvalue weighted by atomic mass is 16.3. The summed E-state index contributed by atoms with van der Waals surface area (Å²) in [6.45, 7) is 1.23. The van der Waals surface area contributed by atoms with Gasteiger partial charge in [-0.25, -0.2) is 0 Å². The molecule has 2 aliphatic heterocycles. The molecule has 140 valence electrons. The predicted molar refractivity (Wildman–Crippen MR) is 98.2 cm³/mol. The van der Waals surface area contributed by atoms with E-state index in [-0.39, 0.29) is 36.1 Å². The van der Waals surface area contributed by atoms with Crippen LogP contribution in [-0.4, -0.2) is 52.5 Å². The van der Waals surface area contributed by atoms with Crippen molar-refractivity contribution < 1.29 is 14.7 Å². The smallest absolute Gasteiger partial charge is 0.228 e. The molecule has 5 heteroatoms. The van der Waals surface area contributed by atoms with Gasteiger partial charge in [-0.1, -0.05) is 43.2 Å². The lowest BCUT2D eigenvalue weighted by Gasteiger charge is -2.48. The lowest BCUT2D eigenvalue weighted by Crippen LogP contribution is -2.55. The van der Waals surface area contributed by atoms with Crippen molar-refractivity contribution in [2.75, 3.05) is 20.1 Å². The zero-order valence-electron chi connectivity index (χ0n) is 15.4. The largest absolute Gasteiger partial charge is 0.389 e. The SMILES string of the molecule is CN1C(=O)C[C@@H](C(=O)N2CC[C@@]3(O)CCCC[C@H]3C2)[C@H]1c1ccccc1. The molecule has 1 N–H and O–H groups in total. The molecule has 1 aromatic rings. The Morgan fingerprint density at radius 3 is 2.73 bits per heavy atom. The first-order chi connectivity index (χ1) is 12.5. The van der Waals surface area contributed by atoms with Crippen LogP contribution in [0.1, 0.15) is 50.1 Å². The number of hydrogen-bond acceptors (Lipinski definition) is 3. The minimum absolute atomic E-state index is 0.0309. The summed E-state index contributed by atoms with van der Waals surface area (Å²) in [7, 11) is 1.80. The van der Waals surface area contributed by atoms with E-state index in [4.69, 9.17) is 0 Å². The topological polar surface area (TPSA) is 60.9 Å². The van der Waals surface area contributed by atoms with Gasteiger partial charge in [0.2, 0.25) is 11.8 Å². The lowest BCUT2D eigenvalue weighted by molar-refractivity contribution is -0.148. The molecule has 0 spiro atoms. The number of amides is 2. The highest BCUT2D eigenvalue weighted by Crippen LogP contribution is 2.42. The van der Waals surface area contributed by atoms with E-state index >= 15 is 0 Å². The Morgan fingerprint density at radius 2 is 1.96 bits per heavy atom. The van der Waals surface area contributed by atoms with Gasteiger partial charge >= 0.3 is 0 Å². The van der Waals surface area contributed by atoms with Crippen LogP contribution < -0.4 is 0 Å². The number of benzene rings is 1. The molecule has 4 rings (SSSR count). The summed E-state index contributed by atoms with van der Waals surface area (Å²) in [5.41, 5.74) is 0.432. The summed E-state index contributed by atoms with van der Waals surface area (Å²) in [5.74, 6) is -0.0452. The van der Waals surface area contributed by atoms with Crippen LogP contribution in [0.5, 0.6) is 0 Å². The average molecular weight is 356 g/mol. The minimum Gasteiger partial charge on any atom is -0.389 e. The fraction of sp³-hybridized carbons (Fsp3) is 0.619. The monoisotopic (exact) mass is 356 g/mol. The third kappa shape index (κ3) is 2.92. The standard InChI is InChI=1S/C21H28N2O3/c1-22-18(24)13-17(19(22)15-7-3-2-4-8-15)20(25)23-12-11-21(26)10-6-5-9-16(21)14-23/h2-4,7-8,16-17,19,26H,5-6,9-14H2,1H3/t16-,17+,19+,21-/m0/s1. The summed E-state index contributed by atoms with van der Waals surface area (Å²) in [5, 5.41) is 10.9. The van der Waals surface area contributed by atoms with Gasteiger partial charge in [-0.2, -0.15) is 0 Å². The summed E-state index contributed by atoms with van der Waals surface area (Å²) in [6, 6.07) is 9.66. The van der Waals surface area contributed by atoms with E-state index in [9.17, 15) is 14.7 Å². The molecule has 1 aromatic carbocycles. The second-order valence-corrected chi connectivity index (χ2v) is 8.25. The fourth-order valence-electron chi connectivity index (χ4n) is 5.20.